The molecule has 0 radical (unpaired) electrons. The third-order valence-corrected chi connectivity index (χ3v) is 5.61. The molecule has 1 saturated heterocycles. The fourth-order valence-electron chi connectivity index (χ4n) is 4.42. The van der Waals surface area contributed by atoms with Crippen molar-refractivity contribution in [2.75, 3.05) is 6.54 Å². The van der Waals surface area contributed by atoms with Crippen LogP contribution in [-0.2, 0) is 4.79 Å². The van der Waals surface area contributed by atoms with E-state index < -0.39 is 0 Å². The second-order valence-electron chi connectivity index (χ2n) is 7.12. The number of amides is 1. The predicted octanol–water partition coefficient (Wildman–Crippen LogP) is 2.89. The summed E-state index contributed by atoms with van der Waals surface area (Å²) in [5.41, 5.74) is 0.837. The van der Waals surface area contributed by atoms with Gasteiger partial charge >= 0.3 is 0 Å². The van der Waals surface area contributed by atoms with E-state index in [0.29, 0.717) is 29.8 Å². The van der Waals surface area contributed by atoms with Crippen LogP contribution in [0.2, 0.25) is 0 Å². The summed E-state index contributed by atoms with van der Waals surface area (Å²) < 4.78 is 0. The summed E-state index contributed by atoms with van der Waals surface area (Å²) in [6.07, 6.45) is 5.34. The van der Waals surface area contributed by atoms with E-state index >= 15 is 0 Å². The summed E-state index contributed by atoms with van der Waals surface area (Å²) >= 11 is 0. The zero-order valence-electron chi connectivity index (χ0n) is 14.2. The van der Waals surface area contributed by atoms with Crippen LogP contribution >= 0.6 is 0 Å². The average molecular weight is 338 g/mol. The van der Waals surface area contributed by atoms with Gasteiger partial charge < -0.3 is 9.88 Å². The number of pyridine rings is 1. The molecule has 4 rings (SSSR count). The molecule has 2 aliphatic rings. The molecule has 1 N–H and O–H groups in total. The molecule has 0 unspecified atom stereocenters. The zero-order valence-corrected chi connectivity index (χ0v) is 14.2. The fraction of sp³-hybridized carbons (Fsp3) is 0.450. The van der Waals surface area contributed by atoms with Gasteiger partial charge in [-0.1, -0.05) is 24.6 Å². The first kappa shape index (κ1) is 16.1. The number of aromatic nitrogens is 1. The zero-order chi connectivity index (χ0) is 17.4. The summed E-state index contributed by atoms with van der Waals surface area (Å²) in [7, 11) is 0. The number of H-pyrrole nitrogens is 1. The Morgan fingerprint density at radius 2 is 1.92 bits per heavy atom. The highest BCUT2D eigenvalue weighted by atomic mass is 16.2. The molecule has 130 valence electrons. The molecule has 1 aromatic heterocycles. The molecule has 1 saturated carbocycles. The number of carbonyl (C=O) groups is 2. The molecule has 25 heavy (non-hydrogen) atoms. The van der Waals surface area contributed by atoms with Gasteiger partial charge in [-0.15, -0.1) is 0 Å². The van der Waals surface area contributed by atoms with Crippen molar-refractivity contribution in [3.05, 3.63) is 46.2 Å². The van der Waals surface area contributed by atoms with E-state index in [1.807, 2.05) is 23.1 Å². The van der Waals surface area contributed by atoms with E-state index in [9.17, 15) is 14.4 Å². The number of para-hydroxylation sites is 1. The van der Waals surface area contributed by atoms with Crippen molar-refractivity contribution in [3.63, 3.8) is 0 Å². The minimum atomic E-state index is -0.272. The number of rotatable bonds is 2. The lowest BCUT2D eigenvalue weighted by Gasteiger charge is -2.33. The summed E-state index contributed by atoms with van der Waals surface area (Å²) in [6.45, 7) is 0.661. The van der Waals surface area contributed by atoms with Crippen molar-refractivity contribution in [1.82, 2.24) is 9.88 Å². The van der Waals surface area contributed by atoms with Crippen molar-refractivity contribution in [2.24, 2.45) is 5.92 Å². The maximum atomic E-state index is 13.2. The first-order chi connectivity index (χ1) is 12.1. The highest BCUT2D eigenvalue weighted by Gasteiger charge is 2.39. The Hall–Kier alpha value is -2.43. The van der Waals surface area contributed by atoms with Crippen LogP contribution in [0.5, 0.6) is 0 Å². The molecule has 2 aromatic rings. The maximum Gasteiger partial charge on any atom is 0.255 e. The Morgan fingerprint density at radius 1 is 1.08 bits per heavy atom. The van der Waals surface area contributed by atoms with Gasteiger partial charge in [-0.05, 0) is 31.7 Å². The molecular formula is C20H22N2O3. The maximum absolute atomic E-state index is 13.2. The first-order valence-electron chi connectivity index (χ1n) is 9.11. The van der Waals surface area contributed by atoms with Crippen LogP contribution in [0, 0.1) is 5.92 Å². The van der Waals surface area contributed by atoms with Crippen LogP contribution in [-0.4, -0.2) is 34.2 Å². The first-order valence-corrected chi connectivity index (χ1v) is 9.11. The number of nitrogens with one attached hydrogen (secondary N) is 1. The largest absolute Gasteiger partial charge is 0.335 e. The van der Waals surface area contributed by atoms with Gasteiger partial charge in [0.25, 0.3) is 5.91 Å². The topological polar surface area (TPSA) is 70.2 Å². The number of likely N-dealkylation sites (tertiary alicyclic amines) is 1. The summed E-state index contributed by atoms with van der Waals surface area (Å²) in [5.74, 6) is 0.142. The van der Waals surface area contributed by atoms with E-state index in [1.54, 1.807) is 6.07 Å². The average Bonchev–Trinajstić information content (AvgIpc) is 3.10. The molecule has 5 nitrogen and oxygen atoms in total. The van der Waals surface area contributed by atoms with Crippen LogP contribution < -0.4 is 5.56 Å². The molecule has 1 aliphatic carbocycles. The van der Waals surface area contributed by atoms with Gasteiger partial charge in [-0.2, -0.15) is 0 Å². The highest BCUT2D eigenvalue weighted by molar-refractivity contribution is 6.06. The van der Waals surface area contributed by atoms with Gasteiger partial charge in [0.1, 0.15) is 5.78 Å². The van der Waals surface area contributed by atoms with Crippen molar-refractivity contribution in [1.29, 1.82) is 0 Å². The lowest BCUT2D eigenvalue weighted by molar-refractivity contribution is -0.126. The molecule has 1 aromatic carbocycles. The number of fused-ring (bicyclic) bond motifs is 1. The minimum Gasteiger partial charge on any atom is -0.335 e. The van der Waals surface area contributed by atoms with Crippen LogP contribution in [0.15, 0.2) is 35.1 Å². The van der Waals surface area contributed by atoms with Crippen molar-refractivity contribution < 1.29 is 9.59 Å². The highest BCUT2D eigenvalue weighted by Crippen LogP contribution is 2.33. The van der Waals surface area contributed by atoms with Crippen LogP contribution in [0.3, 0.4) is 0 Å². The molecule has 1 aliphatic heterocycles. The molecular weight excluding hydrogens is 316 g/mol. The Kier molecular flexibility index (Phi) is 4.15. The predicted molar refractivity (Wildman–Crippen MR) is 95.6 cm³/mol. The normalized spacial score (nSPS) is 24.0. The molecule has 0 spiro atoms. The van der Waals surface area contributed by atoms with Crippen LogP contribution in [0.4, 0.5) is 0 Å². The number of benzene rings is 1. The smallest absolute Gasteiger partial charge is 0.255 e. The quantitative estimate of drug-likeness (QED) is 0.915. The number of ketones is 1. The standard InChI is InChI=1S/C20H22N2O3/c23-18-10-4-2-7-14(18)17-9-5-11-22(17)20(25)15-12-19(24)21-16-8-3-1-6-13(15)16/h1,3,6,8,12,14,17H,2,4-5,7,9-11H2,(H,21,24)/t14-,17+/m1/s1. The lowest BCUT2D eigenvalue weighted by atomic mass is 9.81. The molecule has 1 amide bonds. The Morgan fingerprint density at radius 3 is 2.76 bits per heavy atom. The lowest BCUT2D eigenvalue weighted by Crippen LogP contribution is -2.44. The van der Waals surface area contributed by atoms with Gasteiger partial charge in [0.05, 0.1) is 5.56 Å². The second kappa shape index (κ2) is 6.47. The van der Waals surface area contributed by atoms with Gasteiger partial charge in [0.2, 0.25) is 5.56 Å². The van der Waals surface area contributed by atoms with E-state index in [-0.39, 0.29) is 23.4 Å². The van der Waals surface area contributed by atoms with E-state index in [1.165, 1.54) is 6.07 Å². The summed E-state index contributed by atoms with van der Waals surface area (Å²) in [4.78, 5) is 42.2. The number of hydrogen-bond donors (Lipinski definition) is 1. The third-order valence-electron chi connectivity index (χ3n) is 5.61. The molecule has 2 atom stereocenters. The van der Waals surface area contributed by atoms with Gasteiger partial charge in [0.15, 0.2) is 0 Å². The monoisotopic (exact) mass is 338 g/mol. The van der Waals surface area contributed by atoms with Gasteiger partial charge in [0, 0.05) is 41.9 Å². The fourth-order valence-corrected chi connectivity index (χ4v) is 4.42. The van der Waals surface area contributed by atoms with Crippen molar-refractivity contribution in [2.45, 2.75) is 44.6 Å². The Labute approximate surface area is 146 Å². The van der Waals surface area contributed by atoms with E-state index in [2.05, 4.69) is 4.98 Å². The number of carbonyl (C=O) groups excluding carboxylic acids is 2. The van der Waals surface area contributed by atoms with E-state index in [0.717, 1.165) is 37.5 Å². The number of Topliss-reactive ketones (excluding diaryl/α,β-unsaturated/α-hetero) is 1. The number of aromatic amines is 1. The summed E-state index contributed by atoms with van der Waals surface area (Å²) in [5, 5.41) is 0.757. The number of nitrogens with zero attached hydrogens (tertiary/aromatic N) is 1. The van der Waals surface area contributed by atoms with E-state index in [4.69, 9.17) is 0 Å². The third kappa shape index (κ3) is 2.88. The SMILES string of the molecule is O=C1CCCC[C@@H]1[C@@H]1CCCN1C(=O)c1cc(=O)[nH]c2ccccc12. The molecule has 2 fully saturated rings. The van der Waals surface area contributed by atoms with Gasteiger partial charge in [-0.25, -0.2) is 0 Å². The molecule has 5 heteroatoms. The van der Waals surface area contributed by atoms with Crippen molar-refractivity contribution in [3.8, 4) is 0 Å². The second-order valence-corrected chi connectivity index (χ2v) is 7.12. The Bertz CT molecular complexity index is 886. The number of hydrogen-bond acceptors (Lipinski definition) is 3. The summed E-state index contributed by atoms with van der Waals surface area (Å²) in [6, 6.07) is 8.74. The van der Waals surface area contributed by atoms with Crippen molar-refractivity contribution >= 4 is 22.6 Å². The minimum absolute atomic E-state index is 0.0154. The molecule has 0 bridgehead atoms. The van der Waals surface area contributed by atoms with Crippen LogP contribution in [0.1, 0.15) is 48.9 Å². The van der Waals surface area contributed by atoms with Crippen LogP contribution in [0.25, 0.3) is 10.9 Å². The molecule has 2 heterocycles. The van der Waals surface area contributed by atoms with Gasteiger partial charge in [-0.3, -0.25) is 14.4 Å². The Balaban J connectivity index is 1.71.